The number of amides is 4. The summed E-state index contributed by atoms with van der Waals surface area (Å²) in [7, 11) is 0. The number of nitriles is 1. The van der Waals surface area contributed by atoms with Crippen LogP contribution in [0.1, 0.15) is 91.5 Å². The molecule has 6 heterocycles. The van der Waals surface area contributed by atoms with E-state index in [0.29, 0.717) is 47.5 Å². The van der Waals surface area contributed by atoms with Gasteiger partial charge in [0.2, 0.25) is 17.7 Å². The van der Waals surface area contributed by atoms with Gasteiger partial charge in [0.05, 0.1) is 58.9 Å². The van der Waals surface area contributed by atoms with E-state index >= 15 is 8.78 Å². The van der Waals surface area contributed by atoms with E-state index < -0.39 is 40.9 Å². The second-order valence-electron chi connectivity index (χ2n) is 17.7. The fraction of sp³-hybridized carbons (Fsp3) is 0.444. The van der Waals surface area contributed by atoms with Crippen molar-refractivity contribution in [3.63, 3.8) is 0 Å². The van der Waals surface area contributed by atoms with Crippen LogP contribution in [0.15, 0.2) is 54.9 Å². The molecule has 5 aromatic rings. The van der Waals surface area contributed by atoms with Gasteiger partial charge in [-0.15, -0.1) is 0 Å². The Morgan fingerprint density at radius 3 is 2.40 bits per heavy atom. The van der Waals surface area contributed by atoms with Crippen molar-refractivity contribution in [3.8, 4) is 6.07 Å². The molecule has 0 bridgehead atoms. The average molecular weight is 863 g/mol. The normalized spacial score (nSPS) is 22.6. The zero-order valence-corrected chi connectivity index (χ0v) is 34.9. The van der Waals surface area contributed by atoms with Crippen molar-refractivity contribution < 1.29 is 38.2 Å². The Balaban J connectivity index is 0.804. The number of piperidine rings is 1. The van der Waals surface area contributed by atoms with Gasteiger partial charge in [0.25, 0.3) is 5.91 Å². The molecule has 63 heavy (non-hydrogen) atoms. The minimum Gasteiger partial charge on any atom is -0.395 e. The summed E-state index contributed by atoms with van der Waals surface area (Å²) in [5.74, 6) is -4.83. The quantitative estimate of drug-likeness (QED) is 0.156. The van der Waals surface area contributed by atoms with Crippen LogP contribution in [0, 0.1) is 28.9 Å². The van der Waals surface area contributed by atoms with Gasteiger partial charge in [-0.2, -0.15) is 15.5 Å². The molecule has 4 aliphatic rings. The van der Waals surface area contributed by atoms with Crippen molar-refractivity contribution in [1.29, 1.82) is 5.26 Å². The van der Waals surface area contributed by atoms with Crippen LogP contribution < -0.4 is 15.5 Å². The smallest absolute Gasteiger partial charge is 0.274 e. The fourth-order valence-corrected chi connectivity index (χ4v) is 9.83. The first-order chi connectivity index (χ1) is 30.2. The van der Waals surface area contributed by atoms with Crippen LogP contribution in [0.3, 0.4) is 0 Å². The lowest BCUT2D eigenvalue weighted by Crippen LogP contribution is -2.62. The van der Waals surface area contributed by atoms with Crippen LogP contribution in [0.2, 0.25) is 0 Å². The topological polar surface area (TPSA) is 201 Å². The first kappa shape index (κ1) is 42.0. The van der Waals surface area contributed by atoms with E-state index in [1.165, 1.54) is 22.8 Å². The van der Waals surface area contributed by atoms with E-state index in [1.54, 1.807) is 47.9 Å². The van der Waals surface area contributed by atoms with Crippen molar-refractivity contribution in [2.24, 2.45) is 5.92 Å². The Bertz CT molecular complexity index is 2670. The Hall–Kier alpha value is -6.29. The van der Waals surface area contributed by atoms with Crippen LogP contribution in [0.4, 0.5) is 20.2 Å². The number of aliphatic hydroxyl groups is 2. The van der Waals surface area contributed by atoms with Gasteiger partial charge in [0.15, 0.2) is 0 Å². The predicted molar refractivity (Wildman–Crippen MR) is 225 cm³/mol. The standard InChI is InChI=1S/C45H48F2N10O6/c1-45(2,63)34-17-37-26(14-38(34)50-43(61)39-9-7-30-13-25(18-48)19-49-57(30)39)22-56(52-37)29-5-3-28(4-6-29)55-12-11-53(23-32(55)24-58)44(62)27-20-54(21-27)31-15-35(46)41(36(47)16-31)33-8-10-40(59)51-42(33)60/h7,9,13-17,19,22,27-29,32-33,58,63H,3-6,8,10-12,20-21,23-24H2,1-2H3,(H,50,61)(H,51,59,60)/t28?,29?,32-,33+/m0/s1. The molecule has 4 fully saturated rings. The highest BCUT2D eigenvalue weighted by Crippen LogP contribution is 2.38. The molecule has 4 N–H and O–H groups in total. The van der Waals surface area contributed by atoms with Crippen molar-refractivity contribution in [1.82, 2.24) is 34.5 Å². The summed E-state index contributed by atoms with van der Waals surface area (Å²) in [6.07, 6.45) is 6.81. The zero-order chi connectivity index (χ0) is 44.3. The Labute approximate surface area is 361 Å². The molecule has 18 heteroatoms. The number of hydrogen-bond acceptors (Lipinski definition) is 11. The maximum absolute atomic E-state index is 15.2. The first-order valence-electron chi connectivity index (χ1n) is 21.4. The number of anilines is 2. The number of hydrogen-bond donors (Lipinski definition) is 4. The zero-order valence-electron chi connectivity index (χ0n) is 34.9. The number of aromatic nitrogens is 4. The molecular weight excluding hydrogens is 815 g/mol. The number of aliphatic hydroxyl groups excluding tert-OH is 1. The number of nitrogens with one attached hydrogen (secondary N) is 2. The molecule has 3 aliphatic heterocycles. The monoisotopic (exact) mass is 862 g/mol. The van der Waals surface area contributed by atoms with Crippen molar-refractivity contribution >= 4 is 51.4 Å². The molecule has 2 aromatic carbocycles. The van der Waals surface area contributed by atoms with E-state index in [2.05, 4.69) is 20.6 Å². The summed E-state index contributed by atoms with van der Waals surface area (Å²) in [5.41, 5.74) is 1.52. The summed E-state index contributed by atoms with van der Waals surface area (Å²) in [5, 5.41) is 46.0. The number of fused-ring (bicyclic) bond motifs is 2. The molecule has 1 aliphatic carbocycles. The third kappa shape index (κ3) is 8.00. The minimum atomic E-state index is -1.30. The van der Waals surface area contributed by atoms with E-state index in [1.807, 2.05) is 23.0 Å². The van der Waals surface area contributed by atoms with Crippen LogP contribution >= 0.6 is 0 Å². The Morgan fingerprint density at radius 2 is 1.71 bits per heavy atom. The summed E-state index contributed by atoms with van der Waals surface area (Å²) >= 11 is 0. The predicted octanol–water partition coefficient (Wildman–Crippen LogP) is 3.96. The fourth-order valence-electron chi connectivity index (χ4n) is 9.83. The molecule has 2 atom stereocenters. The first-order valence-corrected chi connectivity index (χ1v) is 21.4. The number of nitrogens with zero attached hydrogens (tertiary/aromatic N) is 8. The lowest BCUT2D eigenvalue weighted by molar-refractivity contribution is -0.141. The van der Waals surface area contributed by atoms with Gasteiger partial charge < -0.3 is 25.3 Å². The highest BCUT2D eigenvalue weighted by atomic mass is 19.1. The van der Waals surface area contributed by atoms with E-state index in [4.69, 9.17) is 5.10 Å². The average Bonchev–Trinajstić information content (AvgIpc) is 3.87. The molecular formula is C45H48F2N10O6. The van der Waals surface area contributed by atoms with Crippen LogP contribution in [0.5, 0.6) is 0 Å². The van der Waals surface area contributed by atoms with Crippen LogP contribution in [-0.2, 0) is 20.0 Å². The van der Waals surface area contributed by atoms with E-state index in [-0.39, 0.29) is 79.4 Å². The van der Waals surface area contributed by atoms with Gasteiger partial charge in [-0.1, -0.05) is 0 Å². The van der Waals surface area contributed by atoms with Crippen molar-refractivity contribution in [3.05, 3.63) is 88.9 Å². The van der Waals surface area contributed by atoms with Crippen LogP contribution in [-0.4, -0.2) is 114 Å². The Morgan fingerprint density at radius 1 is 0.984 bits per heavy atom. The number of carbonyl (C=O) groups is 4. The maximum Gasteiger partial charge on any atom is 0.274 e. The number of piperazine rings is 1. The van der Waals surface area contributed by atoms with E-state index in [9.17, 15) is 34.7 Å². The molecule has 0 spiro atoms. The van der Waals surface area contributed by atoms with Gasteiger partial charge in [0, 0.05) is 79.3 Å². The van der Waals surface area contributed by atoms with Crippen LogP contribution in [0.25, 0.3) is 16.4 Å². The summed E-state index contributed by atoms with van der Waals surface area (Å²) < 4.78 is 33.8. The summed E-state index contributed by atoms with van der Waals surface area (Å²) in [4.78, 5) is 56.8. The molecule has 16 nitrogen and oxygen atoms in total. The largest absolute Gasteiger partial charge is 0.395 e. The third-order valence-electron chi connectivity index (χ3n) is 13.2. The van der Waals surface area contributed by atoms with Crippen molar-refractivity contribution in [2.75, 3.05) is 49.5 Å². The lowest BCUT2D eigenvalue weighted by atomic mass is 9.88. The lowest BCUT2D eigenvalue weighted by Gasteiger charge is -2.48. The number of halogens is 2. The summed E-state index contributed by atoms with van der Waals surface area (Å²) in [6.45, 7) is 5.26. The molecule has 3 aromatic heterocycles. The Kier molecular flexibility index (Phi) is 11.0. The number of rotatable bonds is 9. The molecule has 1 saturated carbocycles. The number of imide groups is 1. The van der Waals surface area contributed by atoms with Gasteiger partial charge in [0.1, 0.15) is 23.4 Å². The second-order valence-corrected chi connectivity index (χ2v) is 17.7. The SMILES string of the molecule is CC(C)(O)c1cc2nn(C3CCC(N4CCN(C(=O)C5CN(c6cc(F)c([C@H]7CCC(=O)NC7=O)c(F)c6)C5)C[C@H]4CO)CC3)cc2cc1NC(=O)c1ccc2cc(C#N)cnn12. The summed E-state index contributed by atoms with van der Waals surface area (Å²) in [6, 6.07) is 13.1. The van der Waals surface area contributed by atoms with Crippen molar-refractivity contribution in [2.45, 2.75) is 82.0 Å². The highest BCUT2D eigenvalue weighted by molar-refractivity contribution is 6.05. The minimum absolute atomic E-state index is 0.00460. The molecule has 3 saturated heterocycles. The van der Waals surface area contributed by atoms with Gasteiger partial charge in [-0.25, -0.2) is 13.3 Å². The molecule has 328 valence electrons. The molecule has 0 unspecified atom stereocenters. The second kappa shape index (κ2) is 16.4. The number of carbonyl (C=O) groups excluding carboxylic acids is 4. The van der Waals surface area contributed by atoms with E-state index in [0.717, 1.165) is 31.1 Å². The molecule has 9 rings (SSSR count). The maximum atomic E-state index is 15.2. The third-order valence-corrected chi connectivity index (χ3v) is 13.2. The molecule has 0 radical (unpaired) electrons. The van der Waals surface area contributed by atoms with Gasteiger partial charge in [-0.3, -0.25) is 34.1 Å². The number of benzene rings is 2. The van der Waals surface area contributed by atoms with Gasteiger partial charge in [-0.05, 0) is 88.4 Å². The highest BCUT2D eigenvalue weighted by Gasteiger charge is 2.41. The molecule has 4 amide bonds. The van der Waals surface area contributed by atoms with Gasteiger partial charge >= 0.3 is 0 Å².